The van der Waals surface area contributed by atoms with Gasteiger partial charge in [0.15, 0.2) is 0 Å². The number of aliphatic carboxylic acids is 1. The van der Waals surface area contributed by atoms with Gasteiger partial charge in [-0.3, -0.25) is 4.79 Å². The van der Waals surface area contributed by atoms with Gasteiger partial charge in [0.25, 0.3) is 0 Å². The average Bonchev–Trinajstić information content (AvgIpc) is 2.63. The molecular weight excluding hydrogens is 178 g/mol. The Morgan fingerprint density at radius 1 is 1.36 bits per heavy atom. The molecule has 0 bridgehead atoms. The fourth-order valence-corrected chi connectivity index (χ4v) is 1.40. The maximum absolute atomic E-state index is 10.3. The molecule has 3 nitrogen and oxygen atoms in total. The van der Waals surface area contributed by atoms with Gasteiger partial charge in [-0.25, -0.2) is 0 Å². The summed E-state index contributed by atoms with van der Waals surface area (Å²) >= 11 is 0. The van der Waals surface area contributed by atoms with Gasteiger partial charge in [-0.1, -0.05) is 6.92 Å². The zero-order valence-electron chi connectivity index (χ0n) is 8.52. The number of hydrogen-bond donors (Lipinski definition) is 1. The normalized spacial score (nSPS) is 12.6. The number of nitrogens with zero attached hydrogens (tertiary/aromatic N) is 1. The van der Waals surface area contributed by atoms with E-state index in [2.05, 4.69) is 11.5 Å². The SMILES string of the molecule is CC(CCC(=O)O)CCn1cccc1. The second-order valence-corrected chi connectivity index (χ2v) is 3.75. The van der Waals surface area contributed by atoms with Crippen molar-refractivity contribution < 1.29 is 9.90 Å². The van der Waals surface area contributed by atoms with Gasteiger partial charge >= 0.3 is 5.97 Å². The summed E-state index contributed by atoms with van der Waals surface area (Å²) in [5, 5.41) is 8.51. The largest absolute Gasteiger partial charge is 0.481 e. The minimum atomic E-state index is -0.696. The van der Waals surface area contributed by atoms with Crippen LogP contribution in [0.25, 0.3) is 0 Å². The van der Waals surface area contributed by atoms with Crippen LogP contribution < -0.4 is 0 Å². The Hall–Kier alpha value is -1.25. The lowest BCUT2D eigenvalue weighted by molar-refractivity contribution is -0.137. The third kappa shape index (κ3) is 4.12. The monoisotopic (exact) mass is 195 g/mol. The van der Waals surface area contributed by atoms with Crippen LogP contribution in [0.15, 0.2) is 24.5 Å². The van der Waals surface area contributed by atoms with Crippen molar-refractivity contribution in [2.45, 2.75) is 32.7 Å². The number of carboxylic acid groups (broad SMARTS) is 1. The maximum Gasteiger partial charge on any atom is 0.303 e. The van der Waals surface area contributed by atoms with E-state index in [1.165, 1.54) is 0 Å². The summed E-state index contributed by atoms with van der Waals surface area (Å²) in [5.74, 6) is -0.216. The molecule has 1 rings (SSSR count). The van der Waals surface area contributed by atoms with E-state index in [1.54, 1.807) is 0 Å². The zero-order chi connectivity index (χ0) is 10.4. The zero-order valence-corrected chi connectivity index (χ0v) is 8.52. The number of carboxylic acids is 1. The predicted molar refractivity (Wildman–Crippen MR) is 55.1 cm³/mol. The van der Waals surface area contributed by atoms with E-state index in [-0.39, 0.29) is 6.42 Å². The van der Waals surface area contributed by atoms with Gasteiger partial charge in [-0.05, 0) is 30.9 Å². The molecular formula is C11H17NO2. The number of aromatic nitrogens is 1. The van der Waals surface area contributed by atoms with Crippen molar-refractivity contribution >= 4 is 5.97 Å². The van der Waals surface area contributed by atoms with E-state index in [0.29, 0.717) is 5.92 Å². The molecule has 0 aliphatic heterocycles. The fraction of sp³-hybridized carbons (Fsp3) is 0.545. The van der Waals surface area contributed by atoms with Crippen molar-refractivity contribution in [3.05, 3.63) is 24.5 Å². The first-order valence-corrected chi connectivity index (χ1v) is 5.01. The number of hydrogen-bond acceptors (Lipinski definition) is 1. The summed E-state index contributed by atoms with van der Waals surface area (Å²) in [6.07, 6.45) is 6.17. The molecule has 0 amide bonds. The first-order chi connectivity index (χ1) is 6.68. The Balaban J connectivity index is 2.15. The Kier molecular flexibility index (Phi) is 4.23. The van der Waals surface area contributed by atoms with Crippen molar-refractivity contribution in [3.63, 3.8) is 0 Å². The third-order valence-electron chi connectivity index (χ3n) is 2.40. The van der Waals surface area contributed by atoms with Crippen LogP contribution in [0, 0.1) is 5.92 Å². The van der Waals surface area contributed by atoms with Crippen LogP contribution in [0.4, 0.5) is 0 Å². The molecule has 0 saturated heterocycles. The van der Waals surface area contributed by atoms with E-state index in [0.717, 1.165) is 19.4 Å². The lowest BCUT2D eigenvalue weighted by atomic mass is 10.0. The Morgan fingerprint density at radius 2 is 2.00 bits per heavy atom. The summed E-state index contributed by atoms with van der Waals surface area (Å²) < 4.78 is 2.12. The molecule has 0 aliphatic carbocycles. The minimum Gasteiger partial charge on any atom is -0.481 e. The van der Waals surface area contributed by atoms with Crippen LogP contribution >= 0.6 is 0 Å². The summed E-state index contributed by atoms with van der Waals surface area (Å²) in [6, 6.07) is 4.00. The van der Waals surface area contributed by atoms with E-state index in [9.17, 15) is 4.79 Å². The Morgan fingerprint density at radius 3 is 2.57 bits per heavy atom. The molecule has 1 aromatic heterocycles. The third-order valence-corrected chi connectivity index (χ3v) is 2.40. The van der Waals surface area contributed by atoms with Crippen LogP contribution in [0.5, 0.6) is 0 Å². The summed E-state index contributed by atoms with van der Waals surface area (Å²) in [7, 11) is 0. The van der Waals surface area contributed by atoms with Gasteiger partial charge in [0.2, 0.25) is 0 Å². The Bertz CT molecular complexity index is 267. The van der Waals surface area contributed by atoms with Gasteiger partial charge in [0, 0.05) is 25.4 Å². The molecule has 1 atom stereocenters. The quantitative estimate of drug-likeness (QED) is 0.757. The molecule has 0 saturated carbocycles. The highest BCUT2D eigenvalue weighted by molar-refractivity contribution is 5.66. The number of carbonyl (C=O) groups is 1. The minimum absolute atomic E-state index is 0.285. The van der Waals surface area contributed by atoms with Crippen LogP contribution in [0.2, 0.25) is 0 Å². The topological polar surface area (TPSA) is 42.2 Å². The molecule has 0 spiro atoms. The molecule has 1 heterocycles. The van der Waals surface area contributed by atoms with E-state index < -0.39 is 5.97 Å². The van der Waals surface area contributed by atoms with Crippen molar-refractivity contribution in [1.29, 1.82) is 0 Å². The van der Waals surface area contributed by atoms with Gasteiger partial charge in [-0.15, -0.1) is 0 Å². The molecule has 0 aliphatic rings. The van der Waals surface area contributed by atoms with Gasteiger partial charge in [-0.2, -0.15) is 0 Å². The second kappa shape index (κ2) is 5.47. The predicted octanol–water partition coefficient (Wildman–Crippen LogP) is 2.38. The molecule has 1 aromatic rings. The molecule has 1 unspecified atom stereocenters. The highest BCUT2D eigenvalue weighted by Gasteiger charge is 2.05. The maximum atomic E-state index is 10.3. The van der Waals surface area contributed by atoms with E-state index in [1.807, 2.05) is 24.5 Å². The summed E-state index contributed by atoms with van der Waals surface area (Å²) in [4.78, 5) is 10.3. The first-order valence-electron chi connectivity index (χ1n) is 5.01. The molecule has 0 radical (unpaired) electrons. The summed E-state index contributed by atoms with van der Waals surface area (Å²) in [5.41, 5.74) is 0. The fourth-order valence-electron chi connectivity index (χ4n) is 1.40. The average molecular weight is 195 g/mol. The van der Waals surface area contributed by atoms with Crippen molar-refractivity contribution in [2.75, 3.05) is 0 Å². The van der Waals surface area contributed by atoms with Crippen molar-refractivity contribution in [3.8, 4) is 0 Å². The molecule has 14 heavy (non-hydrogen) atoms. The molecule has 0 fully saturated rings. The summed E-state index contributed by atoms with van der Waals surface area (Å²) in [6.45, 7) is 3.08. The molecule has 0 aromatic carbocycles. The van der Waals surface area contributed by atoms with Crippen LogP contribution in [-0.2, 0) is 11.3 Å². The van der Waals surface area contributed by atoms with Crippen LogP contribution in [-0.4, -0.2) is 15.6 Å². The van der Waals surface area contributed by atoms with Crippen LogP contribution in [0.1, 0.15) is 26.2 Å². The van der Waals surface area contributed by atoms with E-state index >= 15 is 0 Å². The first kappa shape index (κ1) is 10.8. The Labute approximate surface area is 84.4 Å². The van der Waals surface area contributed by atoms with Gasteiger partial charge < -0.3 is 9.67 Å². The van der Waals surface area contributed by atoms with Gasteiger partial charge in [0.05, 0.1) is 0 Å². The van der Waals surface area contributed by atoms with Crippen LogP contribution in [0.3, 0.4) is 0 Å². The van der Waals surface area contributed by atoms with Gasteiger partial charge in [0.1, 0.15) is 0 Å². The van der Waals surface area contributed by atoms with E-state index in [4.69, 9.17) is 5.11 Å². The number of aryl methyl sites for hydroxylation is 1. The molecule has 1 N–H and O–H groups in total. The molecule has 78 valence electrons. The standard InChI is InChI=1S/C11H17NO2/c1-10(4-5-11(13)14)6-9-12-7-2-3-8-12/h2-3,7-8,10H,4-6,9H2,1H3,(H,13,14). The van der Waals surface area contributed by atoms with Crippen molar-refractivity contribution in [1.82, 2.24) is 4.57 Å². The lowest BCUT2D eigenvalue weighted by Gasteiger charge is -2.10. The second-order valence-electron chi connectivity index (χ2n) is 3.75. The highest BCUT2D eigenvalue weighted by Crippen LogP contribution is 2.11. The smallest absolute Gasteiger partial charge is 0.303 e. The molecule has 3 heteroatoms. The van der Waals surface area contributed by atoms with Crippen molar-refractivity contribution in [2.24, 2.45) is 5.92 Å². The lowest BCUT2D eigenvalue weighted by Crippen LogP contribution is -2.04. The number of rotatable bonds is 6. The highest BCUT2D eigenvalue weighted by atomic mass is 16.4.